The number of benzene rings is 3. The highest BCUT2D eigenvalue weighted by Gasteiger charge is 2.19. The van der Waals surface area contributed by atoms with Gasteiger partial charge in [-0.25, -0.2) is 13.1 Å². The van der Waals surface area contributed by atoms with E-state index in [1.807, 2.05) is 61.5 Å². The van der Waals surface area contributed by atoms with E-state index in [1.165, 1.54) is 13.2 Å². The van der Waals surface area contributed by atoms with Gasteiger partial charge >= 0.3 is 0 Å². The molecule has 0 fully saturated rings. The minimum atomic E-state index is -3.48. The Hall–Kier alpha value is -4.11. The average molecular weight is 477 g/mol. The van der Waals surface area contributed by atoms with Gasteiger partial charge < -0.3 is 10.1 Å². The maximum Gasteiger partial charge on any atom is 0.259 e. The first-order chi connectivity index (χ1) is 16.2. The van der Waals surface area contributed by atoms with Crippen LogP contribution in [0, 0.1) is 6.92 Å². The summed E-state index contributed by atoms with van der Waals surface area (Å²) in [5, 5.41) is 7.54. The third kappa shape index (κ3) is 5.26. The minimum absolute atomic E-state index is 0.278. The molecule has 0 radical (unpaired) electrons. The molecule has 1 aromatic heterocycles. The number of sulfonamides is 1. The molecule has 0 saturated carbocycles. The summed E-state index contributed by atoms with van der Waals surface area (Å²) in [5.74, 6) is -0.0788. The number of carbonyl (C=O) groups is 1. The Morgan fingerprint density at radius 3 is 2.35 bits per heavy atom. The molecule has 1 amide bonds. The van der Waals surface area contributed by atoms with Crippen molar-refractivity contribution < 1.29 is 17.9 Å². The third-order valence-electron chi connectivity index (χ3n) is 5.06. The second-order valence-corrected chi connectivity index (χ2v) is 9.53. The first-order valence-electron chi connectivity index (χ1n) is 10.4. The zero-order valence-electron chi connectivity index (χ0n) is 18.9. The van der Waals surface area contributed by atoms with E-state index >= 15 is 0 Å². The molecule has 174 valence electrons. The quantitative estimate of drug-likeness (QED) is 0.409. The first-order valence-corrected chi connectivity index (χ1v) is 12.3. The third-order valence-corrected chi connectivity index (χ3v) is 5.65. The van der Waals surface area contributed by atoms with Crippen LogP contribution in [0.1, 0.15) is 15.9 Å². The highest BCUT2D eigenvalue weighted by Crippen LogP contribution is 2.30. The van der Waals surface area contributed by atoms with Crippen LogP contribution >= 0.6 is 0 Å². The van der Waals surface area contributed by atoms with E-state index in [0.717, 1.165) is 23.1 Å². The highest BCUT2D eigenvalue weighted by molar-refractivity contribution is 7.92. The van der Waals surface area contributed by atoms with E-state index in [-0.39, 0.29) is 17.3 Å². The Labute approximate surface area is 198 Å². The minimum Gasteiger partial charge on any atom is -0.494 e. The first kappa shape index (κ1) is 23.1. The van der Waals surface area contributed by atoms with Gasteiger partial charge in [0.25, 0.3) is 5.91 Å². The van der Waals surface area contributed by atoms with Gasteiger partial charge in [0.1, 0.15) is 11.4 Å². The van der Waals surface area contributed by atoms with E-state index in [4.69, 9.17) is 4.74 Å². The predicted molar refractivity (Wildman–Crippen MR) is 133 cm³/mol. The molecule has 0 bridgehead atoms. The van der Waals surface area contributed by atoms with Crippen LogP contribution < -0.4 is 14.8 Å². The van der Waals surface area contributed by atoms with Crippen LogP contribution in [-0.2, 0) is 10.0 Å². The van der Waals surface area contributed by atoms with Gasteiger partial charge in [0.15, 0.2) is 0 Å². The smallest absolute Gasteiger partial charge is 0.259 e. The molecular weight excluding hydrogens is 452 g/mol. The Morgan fingerprint density at radius 1 is 1.00 bits per heavy atom. The van der Waals surface area contributed by atoms with Crippen molar-refractivity contribution in [1.82, 2.24) is 9.78 Å². The van der Waals surface area contributed by atoms with Crippen LogP contribution in [-0.4, -0.2) is 37.5 Å². The van der Waals surface area contributed by atoms with Gasteiger partial charge in [0.05, 0.1) is 30.3 Å². The van der Waals surface area contributed by atoms with Crippen molar-refractivity contribution in [2.45, 2.75) is 6.92 Å². The van der Waals surface area contributed by atoms with Gasteiger partial charge in [-0.1, -0.05) is 48.0 Å². The van der Waals surface area contributed by atoms with Crippen LogP contribution in [0.4, 0.5) is 11.4 Å². The second-order valence-electron chi connectivity index (χ2n) is 7.78. The lowest BCUT2D eigenvalue weighted by Gasteiger charge is -2.12. The molecule has 1 heterocycles. The van der Waals surface area contributed by atoms with Crippen molar-refractivity contribution >= 4 is 27.3 Å². The average Bonchev–Trinajstić information content (AvgIpc) is 3.26. The van der Waals surface area contributed by atoms with Crippen LogP contribution in [0.3, 0.4) is 0 Å². The van der Waals surface area contributed by atoms with Gasteiger partial charge in [-0.05, 0) is 31.2 Å². The second kappa shape index (κ2) is 9.40. The Balaban J connectivity index is 1.69. The van der Waals surface area contributed by atoms with Crippen molar-refractivity contribution in [3.05, 3.63) is 90.1 Å². The molecule has 4 rings (SSSR count). The van der Waals surface area contributed by atoms with Crippen molar-refractivity contribution in [2.24, 2.45) is 0 Å². The fraction of sp³-hybridized carbons (Fsp3) is 0.120. The van der Waals surface area contributed by atoms with Crippen molar-refractivity contribution in [3.8, 4) is 22.7 Å². The molecule has 0 saturated heterocycles. The summed E-state index contributed by atoms with van der Waals surface area (Å²) < 4.78 is 32.5. The Kier molecular flexibility index (Phi) is 6.38. The van der Waals surface area contributed by atoms with E-state index in [1.54, 1.807) is 23.0 Å². The van der Waals surface area contributed by atoms with Crippen LogP contribution in [0.2, 0.25) is 0 Å². The van der Waals surface area contributed by atoms with Crippen molar-refractivity contribution in [3.63, 3.8) is 0 Å². The van der Waals surface area contributed by atoms with Crippen molar-refractivity contribution in [1.29, 1.82) is 0 Å². The number of aryl methyl sites for hydroxylation is 1. The number of carbonyl (C=O) groups excluding carboxylic acids is 1. The molecule has 34 heavy (non-hydrogen) atoms. The van der Waals surface area contributed by atoms with Gasteiger partial charge in [0.2, 0.25) is 10.0 Å². The molecule has 2 N–H and O–H groups in total. The molecule has 0 spiro atoms. The lowest BCUT2D eigenvalue weighted by atomic mass is 10.1. The molecule has 0 aliphatic heterocycles. The monoisotopic (exact) mass is 476 g/mol. The van der Waals surface area contributed by atoms with Gasteiger partial charge in [0, 0.05) is 23.5 Å². The summed E-state index contributed by atoms with van der Waals surface area (Å²) in [5.41, 5.74) is 4.43. The highest BCUT2D eigenvalue weighted by atomic mass is 32.2. The molecule has 0 atom stereocenters. The lowest BCUT2D eigenvalue weighted by Crippen LogP contribution is -2.13. The number of nitrogens with one attached hydrogen (secondary N) is 2. The van der Waals surface area contributed by atoms with Gasteiger partial charge in [-0.15, -0.1) is 0 Å². The summed E-state index contributed by atoms with van der Waals surface area (Å²) in [6, 6.07) is 22.0. The lowest BCUT2D eigenvalue weighted by molar-refractivity contribution is 0.102. The molecule has 4 aromatic rings. The molecule has 0 aliphatic carbocycles. The predicted octanol–water partition coefficient (Wildman–Crippen LogP) is 4.48. The zero-order chi connectivity index (χ0) is 24.3. The molecule has 0 unspecified atom stereocenters. The van der Waals surface area contributed by atoms with Crippen LogP contribution in [0.25, 0.3) is 16.9 Å². The number of rotatable bonds is 7. The summed E-state index contributed by atoms with van der Waals surface area (Å²) in [4.78, 5) is 13.3. The zero-order valence-corrected chi connectivity index (χ0v) is 19.8. The number of ether oxygens (including phenoxy) is 1. The van der Waals surface area contributed by atoms with E-state index in [2.05, 4.69) is 15.1 Å². The van der Waals surface area contributed by atoms with Crippen LogP contribution in [0.15, 0.2) is 79.0 Å². The molecule has 8 nitrogen and oxygen atoms in total. The number of amides is 1. The number of methoxy groups -OCH3 is 1. The Morgan fingerprint density at radius 2 is 1.71 bits per heavy atom. The summed E-state index contributed by atoms with van der Waals surface area (Å²) in [6.45, 7) is 2.01. The molecule has 0 aliphatic rings. The van der Waals surface area contributed by atoms with Gasteiger partial charge in [-0.2, -0.15) is 5.10 Å². The molecule has 9 heteroatoms. The number of hydrogen-bond acceptors (Lipinski definition) is 5. The Bertz CT molecular complexity index is 1430. The number of aromatic nitrogens is 2. The fourth-order valence-corrected chi connectivity index (χ4v) is 4.00. The summed E-state index contributed by atoms with van der Waals surface area (Å²) >= 11 is 0. The molecule has 3 aromatic carbocycles. The van der Waals surface area contributed by atoms with Crippen LogP contribution in [0.5, 0.6) is 5.75 Å². The normalized spacial score (nSPS) is 11.1. The number of anilines is 2. The van der Waals surface area contributed by atoms with Crippen molar-refractivity contribution in [2.75, 3.05) is 23.4 Å². The van der Waals surface area contributed by atoms with E-state index < -0.39 is 10.0 Å². The SMILES string of the molecule is COc1cc(NC(=O)c2cn(-c3ccc(C)cc3)nc2-c2ccccc2)ccc1NS(C)(=O)=O. The summed E-state index contributed by atoms with van der Waals surface area (Å²) in [6.07, 6.45) is 2.75. The van der Waals surface area contributed by atoms with E-state index in [0.29, 0.717) is 16.9 Å². The largest absolute Gasteiger partial charge is 0.494 e. The topological polar surface area (TPSA) is 102 Å². The molecular formula is C25H24N4O4S. The van der Waals surface area contributed by atoms with Gasteiger partial charge in [-0.3, -0.25) is 9.52 Å². The number of hydrogen-bond donors (Lipinski definition) is 2. The fourth-order valence-electron chi connectivity index (χ4n) is 3.43. The number of nitrogens with zero attached hydrogens (tertiary/aromatic N) is 2. The maximum atomic E-state index is 13.3. The summed E-state index contributed by atoms with van der Waals surface area (Å²) in [7, 11) is -2.06. The maximum absolute atomic E-state index is 13.3. The standard InChI is InChI=1S/C25H24N4O4S/c1-17-9-12-20(13-10-17)29-16-21(24(27-29)18-7-5-4-6-8-18)25(30)26-19-11-14-22(23(15-19)33-2)28-34(3,31)32/h4-16,28H,1-3H3,(H,26,30). The van der Waals surface area contributed by atoms with E-state index in [9.17, 15) is 13.2 Å².